The van der Waals surface area contributed by atoms with E-state index in [9.17, 15) is 14.4 Å². The van der Waals surface area contributed by atoms with Crippen LogP contribution in [-0.4, -0.2) is 32.0 Å². The van der Waals surface area contributed by atoms with Crippen molar-refractivity contribution in [3.05, 3.63) is 70.8 Å². The summed E-state index contributed by atoms with van der Waals surface area (Å²) >= 11 is 0. The Morgan fingerprint density at radius 3 is 2.48 bits per heavy atom. The Kier molecular flexibility index (Phi) is 3.03. The molecule has 0 saturated heterocycles. The number of nitrogens with zero attached hydrogens (tertiary/aromatic N) is 4. The lowest BCUT2D eigenvalue weighted by atomic mass is 9.97. The van der Waals surface area contributed by atoms with Gasteiger partial charge >= 0.3 is 0 Å². The highest BCUT2D eigenvalue weighted by Crippen LogP contribution is 2.44. The summed E-state index contributed by atoms with van der Waals surface area (Å²) in [5.41, 5.74) is 2.07. The fourth-order valence-electron chi connectivity index (χ4n) is 4.71. The molecule has 0 aliphatic carbocycles. The summed E-state index contributed by atoms with van der Waals surface area (Å²) < 4.78 is 3.06. The van der Waals surface area contributed by atoms with E-state index in [1.54, 1.807) is 34.6 Å². The van der Waals surface area contributed by atoms with E-state index in [4.69, 9.17) is 0 Å². The molecule has 29 heavy (non-hydrogen) atoms. The Morgan fingerprint density at radius 1 is 0.931 bits per heavy atom. The van der Waals surface area contributed by atoms with Crippen LogP contribution in [0.4, 0.5) is 5.82 Å². The Bertz CT molecular complexity index is 1430. The average Bonchev–Trinajstić information content (AvgIpc) is 3.20. The van der Waals surface area contributed by atoms with Gasteiger partial charge in [0.1, 0.15) is 17.9 Å². The van der Waals surface area contributed by atoms with Gasteiger partial charge in [-0.25, -0.2) is 4.98 Å². The van der Waals surface area contributed by atoms with Gasteiger partial charge in [0.15, 0.2) is 0 Å². The number of aromatic nitrogens is 3. The molecule has 0 radical (unpaired) electrons. The number of hydrogen-bond donors (Lipinski definition) is 0. The molecule has 2 aromatic heterocycles. The molecule has 4 heterocycles. The summed E-state index contributed by atoms with van der Waals surface area (Å²) in [7, 11) is 0. The Labute approximate surface area is 164 Å². The molecular formula is C22H16N4O3. The molecular weight excluding hydrogens is 368 g/mol. The maximum atomic E-state index is 13.4. The number of anilines is 1. The fraction of sp³-hybridized carbons (Fsp3) is 0.182. The van der Waals surface area contributed by atoms with Crippen LogP contribution in [-0.2, 0) is 11.2 Å². The van der Waals surface area contributed by atoms with Crippen molar-refractivity contribution >= 4 is 39.4 Å². The quantitative estimate of drug-likeness (QED) is 0.505. The molecule has 142 valence electrons. The smallest absolute Gasteiger partial charge is 0.261 e. The number of carbonyl (C=O) groups excluding carboxylic acids is 2. The first-order valence-electron chi connectivity index (χ1n) is 9.53. The van der Waals surface area contributed by atoms with Gasteiger partial charge in [-0.3, -0.25) is 28.4 Å². The summed E-state index contributed by atoms with van der Waals surface area (Å²) in [6.45, 7) is 1.73. The third-order valence-corrected chi connectivity index (χ3v) is 6.09. The van der Waals surface area contributed by atoms with Crippen molar-refractivity contribution in [1.82, 2.24) is 14.1 Å². The van der Waals surface area contributed by atoms with Gasteiger partial charge in [0.2, 0.25) is 0 Å². The number of carbonyl (C=O) groups is 2. The van der Waals surface area contributed by atoms with Gasteiger partial charge in [-0.1, -0.05) is 30.3 Å². The number of hydrogen-bond acceptors (Lipinski definition) is 4. The molecule has 0 N–H and O–H groups in total. The molecule has 2 atom stereocenters. The lowest BCUT2D eigenvalue weighted by Crippen LogP contribution is -2.47. The molecule has 0 saturated carbocycles. The van der Waals surface area contributed by atoms with E-state index in [0.717, 1.165) is 16.5 Å². The van der Waals surface area contributed by atoms with E-state index < -0.39 is 12.1 Å². The SMILES string of the molecule is C[C@H]1C(=O)n2c3c(c4ccccc42)C[C@@H](n2cnc4ccccc4c2=O)C(=O)N31. The second kappa shape index (κ2) is 5.41. The molecule has 4 aromatic rings. The number of benzene rings is 2. The third kappa shape index (κ3) is 1.91. The zero-order valence-electron chi connectivity index (χ0n) is 15.6. The van der Waals surface area contributed by atoms with Crippen molar-refractivity contribution in [3.63, 3.8) is 0 Å². The Hall–Kier alpha value is -3.74. The number of fused-ring (bicyclic) bond motifs is 4. The molecule has 2 aliphatic heterocycles. The van der Waals surface area contributed by atoms with E-state index in [-0.39, 0.29) is 17.4 Å². The number of rotatable bonds is 1. The first-order valence-corrected chi connectivity index (χ1v) is 9.53. The second-order valence-electron chi connectivity index (χ2n) is 7.57. The molecule has 1 amide bonds. The Balaban J connectivity index is 1.61. The monoisotopic (exact) mass is 384 g/mol. The molecule has 0 bridgehead atoms. The zero-order chi connectivity index (χ0) is 19.9. The fourth-order valence-corrected chi connectivity index (χ4v) is 4.71. The van der Waals surface area contributed by atoms with E-state index in [0.29, 0.717) is 23.1 Å². The summed E-state index contributed by atoms with van der Waals surface area (Å²) in [5.74, 6) is 0.270. The summed E-state index contributed by atoms with van der Waals surface area (Å²) in [4.78, 5) is 45.4. The lowest BCUT2D eigenvalue weighted by molar-refractivity contribution is -0.122. The molecule has 2 aromatic carbocycles. The highest BCUT2D eigenvalue weighted by Gasteiger charge is 2.48. The van der Waals surface area contributed by atoms with Gasteiger partial charge in [-0.2, -0.15) is 0 Å². The van der Waals surface area contributed by atoms with Crippen LogP contribution < -0.4 is 10.5 Å². The molecule has 7 heteroatoms. The number of amides is 1. The normalized spacial score (nSPS) is 20.7. The van der Waals surface area contributed by atoms with Gasteiger partial charge in [-0.15, -0.1) is 0 Å². The van der Waals surface area contributed by atoms with Crippen molar-refractivity contribution in [2.45, 2.75) is 25.4 Å². The van der Waals surface area contributed by atoms with Crippen molar-refractivity contribution in [3.8, 4) is 0 Å². The summed E-state index contributed by atoms with van der Waals surface area (Å²) in [6.07, 6.45) is 1.79. The first kappa shape index (κ1) is 16.2. The van der Waals surface area contributed by atoms with Gasteiger partial charge in [0.25, 0.3) is 17.4 Å². The van der Waals surface area contributed by atoms with Crippen LogP contribution in [0, 0.1) is 0 Å². The van der Waals surface area contributed by atoms with Crippen LogP contribution in [0.5, 0.6) is 0 Å². The van der Waals surface area contributed by atoms with Crippen LogP contribution in [0.15, 0.2) is 59.7 Å². The van der Waals surface area contributed by atoms with E-state index in [1.807, 2.05) is 30.3 Å². The van der Waals surface area contributed by atoms with E-state index >= 15 is 0 Å². The number of para-hydroxylation sites is 2. The van der Waals surface area contributed by atoms with Crippen LogP contribution in [0.1, 0.15) is 23.3 Å². The molecule has 0 fully saturated rings. The first-order chi connectivity index (χ1) is 14.1. The topological polar surface area (TPSA) is 77.2 Å². The molecule has 0 unspecified atom stereocenters. The zero-order valence-corrected chi connectivity index (χ0v) is 15.6. The molecule has 7 nitrogen and oxygen atoms in total. The third-order valence-electron chi connectivity index (χ3n) is 6.09. The average molecular weight is 384 g/mol. The van der Waals surface area contributed by atoms with Gasteiger partial charge in [-0.05, 0) is 25.1 Å². The highest BCUT2D eigenvalue weighted by atomic mass is 16.2. The minimum absolute atomic E-state index is 0.125. The van der Waals surface area contributed by atoms with Crippen LogP contribution in [0.25, 0.3) is 21.8 Å². The van der Waals surface area contributed by atoms with Crippen molar-refractivity contribution < 1.29 is 9.59 Å². The maximum Gasteiger partial charge on any atom is 0.261 e. The van der Waals surface area contributed by atoms with E-state index in [2.05, 4.69) is 4.98 Å². The van der Waals surface area contributed by atoms with Crippen molar-refractivity contribution in [1.29, 1.82) is 0 Å². The van der Waals surface area contributed by atoms with Crippen molar-refractivity contribution in [2.24, 2.45) is 0 Å². The largest absolute Gasteiger partial charge is 0.286 e. The predicted molar refractivity (Wildman–Crippen MR) is 108 cm³/mol. The predicted octanol–water partition coefficient (Wildman–Crippen LogP) is 2.52. The maximum absolute atomic E-state index is 13.4. The van der Waals surface area contributed by atoms with Crippen LogP contribution in [0.2, 0.25) is 0 Å². The minimum Gasteiger partial charge on any atom is -0.286 e. The lowest BCUT2D eigenvalue weighted by Gasteiger charge is -2.32. The summed E-state index contributed by atoms with van der Waals surface area (Å²) in [6, 6.07) is 13.4. The van der Waals surface area contributed by atoms with Gasteiger partial charge in [0.05, 0.1) is 22.7 Å². The van der Waals surface area contributed by atoms with Gasteiger partial charge < -0.3 is 0 Å². The van der Waals surface area contributed by atoms with Crippen LogP contribution >= 0.6 is 0 Å². The standard InChI is InChI=1S/C22H16N4O3/c1-12-20(27)26-17-9-5-3-6-13(17)15-10-18(22(29)25(12)19(15)26)24-11-23-16-8-4-2-7-14(16)21(24)28/h2-9,11-12,18H,10H2,1H3/t12-,18+/m0/s1. The minimum atomic E-state index is -0.736. The summed E-state index contributed by atoms with van der Waals surface area (Å²) in [5, 5.41) is 1.41. The second-order valence-corrected chi connectivity index (χ2v) is 7.57. The molecule has 2 aliphatic rings. The van der Waals surface area contributed by atoms with E-state index in [1.165, 1.54) is 10.9 Å². The van der Waals surface area contributed by atoms with Crippen LogP contribution in [0.3, 0.4) is 0 Å². The highest BCUT2D eigenvalue weighted by molar-refractivity contribution is 6.16. The van der Waals surface area contributed by atoms with Crippen molar-refractivity contribution in [2.75, 3.05) is 4.90 Å². The molecule has 0 spiro atoms. The molecule has 6 rings (SSSR count). The Morgan fingerprint density at radius 2 is 1.66 bits per heavy atom. The van der Waals surface area contributed by atoms with Gasteiger partial charge in [0, 0.05) is 17.4 Å².